The highest BCUT2D eigenvalue weighted by molar-refractivity contribution is 9.10. The minimum Gasteiger partial charge on any atom is -0.482 e. The number of nitrogens with two attached hydrogens (primary N) is 1. The van der Waals surface area contributed by atoms with Gasteiger partial charge in [0, 0.05) is 29.0 Å². The molecule has 2 N–H and O–H groups in total. The minimum absolute atomic E-state index is 0.00700. The fraction of sp³-hybridized carbons (Fsp3) is 0.571. The Morgan fingerprint density at radius 1 is 1.43 bits per heavy atom. The van der Waals surface area contributed by atoms with Crippen molar-refractivity contribution in [3.8, 4) is 5.75 Å². The van der Waals surface area contributed by atoms with Crippen molar-refractivity contribution in [2.75, 3.05) is 0 Å². The standard InChI is InChI=1S/C14H16BrClN2O3/c15-9-5-8(16)6-10(18(19)20)13(9)21-12-7-11(17)14(12)3-1-2-4-14/h5-6,11-12H,1-4,7,17H2. The highest BCUT2D eigenvalue weighted by atomic mass is 79.9. The molecular weight excluding hydrogens is 360 g/mol. The summed E-state index contributed by atoms with van der Waals surface area (Å²) in [5.74, 6) is 0.257. The molecular formula is C14H16BrClN2O3. The van der Waals surface area contributed by atoms with Gasteiger partial charge < -0.3 is 10.5 Å². The largest absolute Gasteiger partial charge is 0.482 e. The van der Waals surface area contributed by atoms with E-state index in [0.717, 1.165) is 32.1 Å². The molecule has 0 saturated heterocycles. The molecule has 0 aliphatic heterocycles. The molecule has 2 unspecified atom stereocenters. The van der Waals surface area contributed by atoms with Crippen LogP contribution in [0.4, 0.5) is 5.69 Å². The number of benzene rings is 1. The van der Waals surface area contributed by atoms with Crippen molar-refractivity contribution in [2.45, 2.75) is 44.2 Å². The molecule has 7 heteroatoms. The van der Waals surface area contributed by atoms with Crippen molar-refractivity contribution in [1.29, 1.82) is 0 Å². The normalized spacial score (nSPS) is 26.6. The summed E-state index contributed by atoms with van der Waals surface area (Å²) in [6.07, 6.45) is 5.07. The summed E-state index contributed by atoms with van der Waals surface area (Å²) in [7, 11) is 0. The number of hydrogen-bond acceptors (Lipinski definition) is 4. The second-order valence-corrected chi connectivity index (χ2v) is 7.17. The summed E-state index contributed by atoms with van der Waals surface area (Å²) in [4.78, 5) is 10.7. The van der Waals surface area contributed by atoms with Crippen LogP contribution >= 0.6 is 27.5 Å². The molecule has 0 aromatic heterocycles. The summed E-state index contributed by atoms with van der Waals surface area (Å²) in [6, 6.07) is 3.07. The fourth-order valence-electron chi connectivity index (χ4n) is 3.61. The number of halogens is 2. The average molecular weight is 376 g/mol. The van der Waals surface area contributed by atoms with E-state index in [1.54, 1.807) is 6.07 Å². The van der Waals surface area contributed by atoms with E-state index >= 15 is 0 Å². The molecule has 0 heterocycles. The molecule has 2 saturated carbocycles. The maximum absolute atomic E-state index is 11.2. The van der Waals surface area contributed by atoms with E-state index in [2.05, 4.69) is 15.9 Å². The Morgan fingerprint density at radius 3 is 2.67 bits per heavy atom. The van der Waals surface area contributed by atoms with Gasteiger partial charge in [-0.1, -0.05) is 24.4 Å². The first kappa shape index (κ1) is 15.1. The van der Waals surface area contributed by atoms with Crippen molar-refractivity contribution >= 4 is 33.2 Å². The van der Waals surface area contributed by atoms with Gasteiger partial charge in [-0.05, 0) is 34.8 Å². The number of nitrogens with zero attached hydrogens (tertiary/aromatic N) is 1. The molecule has 0 bridgehead atoms. The van der Waals surface area contributed by atoms with Crippen LogP contribution in [0.5, 0.6) is 5.75 Å². The monoisotopic (exact) mass is 374 g/mol. The molecule has 0 amide bonds. The van der Waals surface area contributed by atoms with Crippen molar-refractivity contribution in [3.05, 3.63) is 31.7 Å². The lowest BCUT2D eigenvalue weighted by atomic mass is 9.61. The van der Waals surface area contributed by atoms with E-state index in [-0.39, 0.29) is 29.0 Å². The first-order valence-corrected chi connectivity index (χ1v) is 8.17. The first-order chi connectivity index (χ1) is 9.94. The van der Waals surface area contributed by atoms with Crippen molar-refractivity contribution in [3.63, 3.8) is 0 Å². The van der Waals surface area contributed by atoms with Gasteiger partial charge >= 0.3 is 5.69 Å². The molecule has 5 nitrogen and oxygen atoms in total. The maximum atomic E-state index is 11.2. The number of nitro groups is 1. The van der Waals surface area contributed by atoms with Crippen molar-refractivity contribution in [2.24, 2.45) is 11.1 Å². The zero-order valence-electron chi connectivity index (χ0n) is 11.4. The van der Waals surface area contributed by atoms with Gasteiger partial charge in [0.05, 0.1) is 9.40 Å². The van der Waals surface area contributed by atoms with Crippen LogP contribution in [0.25, 0.3) is 0 Å². The van der Waals surface area contributed by atoms with E-state index in [0.29, 0.717) is 9.50 Å². The second kappa shape index (κ2) is 5.41. The van der Waals surface area contributed by atoms with Crippen LogP contribution < -0.4 is 10.5 Å². The van der Waals surface area contributed by atoms with E-state index in [4.69, 9.17) is 22.1 Å². The van der Waals surface area contributed by atoms with E-state index in [9.17, 15) is 10.1 Å². The predicted octanol–water partition coefficient (Wildman–Crippen LogP) is 4.05. The molecule has 114 valence electrons. The Hall–Kier alpha value is -0.850. The summed E-state index contributed by atoms with van der Waals surface area (Å²) in [6.45, 7) is 0. The Kier molecular flexibility index (Phi) is 3.88. The smallest absolute Gasteiger partial charge is 0.313 e. The molecule has 2 fully saturated rings. The molecule has 2 atom stereocenters. The summed E-state index contributed by atoms with van der Waals surface area (Å²) in [5, 5.41) is 11.5. The Labute approximate surface area is 136 Å². The topological polar surface area (TPSA) is 78.4 Å². The fourth-order valence-corrected chi connectivity index (χ4v) is 4.50. The summed E-state index contributed by atoms with van der Waals surface area (Å²) < 4.78 is 6.52. The van der Waals surface area contributed by atoms with Crippen LogP contribution in [0.15, 0.2) is 16.6 Å². The summed E-state index contributed by atoms with van der Waals surface area (Å²) in [5.41, 5.74) is 6.06. The molecule has 1 spiro atoms. The lowest BCUT2D eigenvalue weighted by Gasteiger charge is -2.52. The van der Waals surface area contributed by atoms with Gasteiger partial charge in [-0.2, -0.15) is 0 Å². The maximum Gasteiger partial charge on any atom is 0.313 e. The molecule has 3 rings (SSSR count). The Morgan fingerprint density at radius 2 is 2.10 bits per heavy atom. The lowest BCUT2D eigenvalue weighted by molar-refractivity contribution is -0.386. The van der Waals surface area contributed by atoms with Crippen LogP contribution in [-0.2, 0) is 0 Å². The van der Waals surface area contributed by atoms with Crippen LogP contribution in [0.3, 0.4) is 0 Å². The molecule has 2 aliphatic rings. The predicted molar refractivity (Wildman–Crippen MR) is 83.7 cm³/mol. The molecule has 1 aromatic carbocycles. The Balaban J connectivity index is 1.90. The van der Waals surface area contributed by atoms with Gasteiger partial charge in [0.2, 0.25) is 5.75 Å². The number of ether oxygens (including phenoxy) is 1. The second-order valence-electron chi connectivity index (χ2n) is 5.88. The number of rotatable bonds is 3. The SMILES string of the molecule is NC1CC(Oc2c(Br)cc(Cl)cc2[N+](=O)[O-])C12CCCC2. The van der Waals surface area contributed by atoms with Crippen LogP contribution in [-0.4, -0.2) is 17.1 Å². The molecule has 2 aliphatic carbocycles. The van der Waals surface area contributed by atoms with E-state index < -0.39 is 4.92 Å². The number of hydrogen-bond donors (Lipinski definition) is 1. The van der Waals surface area contributed by atoms with Crippen LogP contribution in [0.2, 0.25) is 5.02 Å². The van der Waals surface area contributed by atoms with E-state index in [1.165, 1.54) is 6.07 Å². The highest BCUT2D eigenvalue weighted by Gasteiger charge is 2.56. The number of nitro benzene ring substituents is 1. The van der Waals surface area contributed by atoms with Gasteiger partial charge in [-0.3, -0.25) is 10.1 Å². The third kappa shape index (κ3) is 2.43. The van der Waals surface area contributed by atoms with Gasteiger partial charge in [-0.25, -0.2) is 0 Å². The molecule has 1 aromatic rings. The first-order valence-electron chi connectivity index (χ1n) is 7.00. The van der Waals surface area contributed by atoms with Gasteiger partial charge in [0.25, 0.3) is 0 Å². The van der Waals surface area contributed by atoms with Crippen molar-refractivity contribution in [1.82, 2.24) is 0 Å². The zero-order valence-corrected chi connectivity index (χ0v) is 13.7. The van der Waals surface area contributed by atoms with Gasteiger partial charge in [-0.15, -0.1) is 0 Å². The minimum atomic E-state index is -0.466. The molecule has 0 radical (unpaired) electrons. The quantitative estimate of drug-likeness (QED) is 0.638. The summed E-state index contributed by atoms with van der Waals surface area (Å²) >= 11 is 9.20. The van der Waals surface area contributed by atoms with E-state index in [1.807, 2.05) is 0 Å². The van der Waals surface area contributed by atoms with Crippen LogP contribution in [0, 0.1) is 15.5 Å². The van der Waals surface area contributed by atoms with Crippen molar-refractivity contribution < 1.29 is 9.66 Å². The van der Waals surface area contributed by atoms with Gasteiger partial charge in [0.1, 0.15) is 6.10 Å². The average Bonchev–Trinajstić information content (AvgIpc) is 2.92. The Bertz CT molecular complexity index is 590. The van der Waals surface area contributed by atoms with Gasteiger partial charge in [0.15, 0.2) is 0 Å². The van der Waals surface area contributed by atoms with Crippen LogP contribution in [0.1, 0.15) is 32.1 Å². The lowest BCUT2D eigenvalue weighted by Crippen LogP contribution is -2.62. The zero-order chi connectivity index (χ0) is 15.2. The third-order valence-electron chi connectivity index (χ3n) is 4.83. The highest BCUT2D eigenvalue weighted by Crippen LogP contribution is 2.55. The molecule has 21 heavy (non-hydrogen) atoms. The third-order valence-corrected chi connectivity index (χ3v) is 5.63.